The Kier molecular flexibility index (Phi) is 7.52. The number of benzene rings is 2. The molecule has 2 aromatic rings. The Morgan fingerprint density at radius 2 is 1.95 bits per heavy atom. The lowest BCUT2D eigenvalue weighted by atomic mass is 9.58. The lowest BCUT2D eigenvalue weighted by Gasteiger charge is -2.43. The molecule has 38 heavy (non-hydrogen) atoms. The van der Waals surface area contributed by atoms with Crippen LogP contribution < -0.4 is 0 Å². The molecule has 2 aromatic carbocycles. The molecule has 7 nitrogen and oxygen atoms in total. The van der Waals surface area contributed by atoms with Crippen LogP contribution in [0.15, 0.2) is 59.7 Å². The molecular formula is C29H31BFNO6. The zero-order valence-electron chi connectivity index (χ0n) is 21.5. The van der Waals surface area contributed by atoms with Crippen LogP contribution in [0, 0.1) is 23.6 Å². The first-order chi connectivity index (χ1) is 18.3. The SMILES string of the molecule is COCC1=C2[C@@H](CC/C(=C/c3ccc(O)c(F)c3)c3ccccc3)OB(O)C[C@@H]2[C@@H]2C(=O)N(C)C(=O)[C@@H]2C1. The third-order valence-electron chi connectivity index (χ3n) is 7.98. The number of imide groups is 1. The van der Waals surface area contributed by atoms with Crippen molar-refractivity contribution in [3.05, 3.63) is 76.6 Å². The van der Waals surface area contributed by atoms with Gasteiger partial charge in [0.25, 0.3) is 0 Å². The second kappa shape index (κ2) is 10.8. The van der Waals surface area contributed by atoms with Gasteiger partial charge < -0.3 is 19.5 Å². The molecule has 4 atom stereocenters. The highest BCUT2D eigenvalue weighted by molar-refractivity contribution is 6.43. The van der Waals surface area contributed by atoms with E-state index in [0.717, 1.165) is 22.3 Å². The summed E-state index contributed by atoms with van der Waals surface area (Å²) in [6.45, 7) is 0.324. The molecule has 0 saturated carbocycles. The molecule has 2 heterocycles. The number of allylic oxidation sites excluding steroid dienone is 1. The van der Waals surface area contributed by atoms with Gasteiger partial charge in [-0.1, -0.05) is 42.5 Å². The fourth-order valence-corrected chi connectivity index (χ4v) is 6.28. The largest absolute Gasteiger partial charge is 0.505 e. The van der Waals surface area contributed by atoms with Gasteiger partial charge in [-0.15, -0.1) is 0 Å². The Labute approximate surface area is 221 Å². The normalized spacial score (nSPS) is 25.6. The third-order valence-corrected chi connectivity index (χ3v) is 7.98. The molecular weight excluding hydrogens is 488 g/mol. The number of amides is 2. The summed E-state index contributed by atoms with van der Waals surface area (Å²) < 4.78 is 25.6. The van der Waals surface area contributed by atoms with Gasteiger partial charge in [-0.3, -0.25) is 14.5 Å². The Hall–Kier alpha value is -3.27. The molecule has 9 heteroatoms. The van der Waals surface area contributed by atoms with E-state index in [9.17, 15) is 24.1 Å². The van der Waals surface area contributed by atoms with E-state index in [0.29, 0.717) is 31.4 Å². The number of aromatic hydroxyl groups is 1. The molecule has 0 radical (unpaired) electrons. The summed E-state index contributed by atoms with van der Waals surface area (Å²) in [6, 6.07) is 14.0. The van der Waals surface area contributed by atoms with Gasteiger partial charge in [0.05, 0.1) is 24.5 Å². The fraction of sp³-hybridized carbons (Fsp3) is 0.379. The summed E-state index contributed by atoms with van der Waals surface area (Å²) in [7, 11) is 2.07. The van der Waals surface area contributed by atoms with E-state index >= 15 is 0 Å². The van der Waals surface area contributed by atoms with Gasteiger partial charge in [0.15, 0.2) is 11.6 Å². The number of ether oxygens (including phenoxy) is 1. The van der Waals surface area contributed by atoms with Gasteiger partial charge >= 0.3 is 7.12 Å². The number of carbonyl (C=O) groups is 2. The molecule has 2 amide bonds. The number of fused-ring (bicyclic) bond motifs is 3. The first-order valence-electron chi connectivity index (χ1n) is 12.9. The minimum atomic E-state index is -1.06. The standard InChI is InChI=1S/C29H31BFNO6/c1-32-28(34)21-14-20(16-37-2)26-22(27(21)29(32)35)15-30(36)38-25(26)11-9-19(18-6-4-3-5-7-18)12-17-8-10-24(33)23(31)13-17/h3-8,10,12-13,21-22,25,27,33,36H,9,11,14-16H2,1-2H3/b19-12-/t21-,22+,25-,27-/m1/s1. The predicted molar refractivity (Wildman–Crippen MR) is 141 cm³/mol. The number of nitrogens with zero attached hydrogens (tertiary/aromatic N) is 1. The van der Waals surface area contributed by atoms with Crippen LogP contribution in [0.2, 0.25) is 6.32 Å². The van der Waals surface area contributed by atoms with Gasteiger partial charge in [0.2, 0.25) is 11.8 Å². The molecule has 0 spiro atoms. The lowest BCUT2D eigenvalue weighted by Crippen LogP contribution is -2.46. The number of carbonyl (C=O) groups excluding carboxylic acids is 2. The molecule has 0 bridgehead atoms. The van der Waals surface area contributed by atoms with Gasteiger partial charge in [-0.25, -0.2) is 4.39 Å². The third kappa shape index (κ3) is 4.93. The van der Waals surface area contributed by atoms with Crippen molar-refractivity contribution in [2.24, 2.45) is 17.8 Å². The smallest absolute Gasteiger partial charge is 0.455 e. The second-order valence-electron chi connectivity index (χ2n) is 10.3. The van der Waals surface area contributed by atoms with Crippen LogP contribution in [0.25, 0.3) is 11.6 Å². The van der Waals surface area contributed by atoms with E-state index in [-0.39, 0.29) is 24.1 Å². The van der Waals surface area contributed by atoms with Crippen LogP contribution in [0.4, 0.5) is 4.39 Å². The quantitative estimate of drug-likeness (QED) is 0.249. The van der Waals surface area contributed by atoms with Crippen molar-refractivity contribution in [2.45, 2.75) is 31.7 Å². The topological polar surface area (TPSA) is 96.3 Å². The van der Waals surface area contributed by atoms with Crippen LogP contribution >= 0.6 is 0 Å². The molecule has 2 aliphatic heterocycles. The molecule has 2 N–H and O–H groups in total. The number of methoxy groups -OCH3 is 1. The summed E-state index contributed by atoms with van der Waals surface area (Å²) >= 11 is 0. The average molecular weight is 519 g/mol. The van der Waals surface area contributed by atoms with Crippen molar-refractivity contribution in [3.63, 3.8) is 0 Å². The Morgan fingerprint density at radius 1 is 1.18 bits per heavy atom. The summed E-state index contributed by atoms with van der Waals surface area (Å²) in [5, 5.41) is 20.3. The number of phenols is 1. The van der Waals surface area contributed by atoms with E-state index < -0.39 is 36.6 Å². The average Bonchev–Trinajstić information content (AvgIpc) is 3.12. The second-order valence-corrected chi connectivity index (χ2v) is 10.3. The lowest BCUT2D eigenvalue weighted by molar-refractivity contribution is -0.138. The number of hydrogen-bond acceptors (Lipinski definition) is 6. The van der Waals surface area contributed by atoms with Crippen molar-refractivity contribution in [1.29, 1.82) is 0 Å². The summed E-state index contributed by atoms with van der Waals surface area (Å²) in [5.41, 5.74) is 4.42. The minimum Gasteiger partial charge on any atom is -0.505 e. The van der Waals surface area contributed by atoms with E-state index in [2.05, 4.69) is 0 Å². The molecule has 0 unspecified atom stereocenters. The monoisotopic (exact) mass is 519 g/mol. The van der Waals surface area contributed by atoms with Crippen molar-refractivity contribution in [3.8, 4) is 5.75 Å². The maximum atomic E-state index is 14.0. The van der Waals surface area contributed by atoms with E-state index in [1.54, 1.807) is 13.2 Å². The van der Waals surface area contributed by atoms with E-state index in [4.69, 9.17) is 9.39 Å². The Bertz CT molecular complexity index is 1300. The molecule has 2 fully saturated rings. The molecule has 0 aromatic heterocycles. The fourth-order valence-electron chi connectivity index (χ4n) is 6.28. The van der Waals surface area contributed by atoms with E-state index in [1.165, 1.54) is 24.1 Å². The number of rotatable bonds is 7. The number of halogens is 1. The zero-order valence-corrected chi connectivity index (χ0v) is 21.5. The number of hydrogen-bond donors (Lipinski definition) is 2. The van der Waals surface area contributed by atoms with Crippen LogP contribution in [-0.4, -0.2) is 60.8 Å². The van der Waals surface area contributed by atoms with Crippen molar-refractivity contribution in [1.82, 2.24) is 4.90 Å². The van der Waals surface area contributed by atoms with Crippen LogP contribution in [-0.2, 0) is 19.0 Å². The Morgan fingerprint density at radius 3 is 2.66 bits per heavy atom. The molecule has 3 aliphatic rings. The van der Waals surface area contributed by atoms with Gasteiger partial charge in [0.1, 0.15) is 0 Å². The molecule has 5 rings (SSSR count). The van der Waals surface area contributed by atoms with Crippen molar-refractivity contribution < 1.29 is 33.5 Å². The molecule has 198 valence electrons. The predicted octanol–water partition coefficient (Wildman–Crippen LogP) is 3.93. The van der Waals surface area contributed by atoms with Gasteiger partial charge in [-0.2, -0.15) is 0 Å². The van der Waals surface area contributed by atoms with Crippen molar-refractivity contribution >= 4 is 30.6 Å². The van der Waals surface area contributed by atoms with Crippen LogP contribution in [0.1, 0.15) is 30.4 Å². The van der Waals surface area contributed by atoms with Crippen LogP contribution in [0.5, 0.6) is 5.75 Å². The van der Waals surface area contributed by atoms with Crippen LogP contribution in [0.3, 0.4) is 0 Å². The summed E-state index contributed by atoms with van der Waals surface area (Å²) in [6.07, 6.45) is 3.15. The van der Waals surface area contributed by atoms with Crippen molar-refractivity contribution in [2.75, 3.05) is 20.8 Å². The zero-order chi connectivity index (χ0) is 27.0. The van der Waals surface area contributed by atoms with Gasteiger partial charge in [-0.05, 0) is 71.5 Å². The maximum absolute atomic E-state index is 14.0. The number of phenolic OH excluding ortho intramolecular Hbond substituents is 1. The van der Waals surface area contributed by atoms with Gasteiger partial charge in [0, 0.05) is 14.2 Å². The highest BCUT2D eigenvalue weighted by atomic mass is 19.1. The molecule has 2 saturated heterocycles. The minimum absolute atomic E-state index is 0.180. The maximum Gasteiger partial charge on any atom is 0.455 e. The highest BCUT2D eigenvalue weighted by Gasteiger charge is 2.56. The summed E-state index contributed by atoms with van der Waals surface area (Å²) in [4.78, 5) is 27.1. The number of likely N-dealkylation sites (tertiary alicyclic amines) is 1. The summed E-state index contributed by atoms with van der Waals surface area (Å²) in [5.74, 6) is -2.73. The highest BCUT2D eigenvalue weighted by Crippen LogP contribution is 2.50. The first kappa shape index (κ1) is 26.3. The van der Waals surface area contributed by atoms with E-state index in [1.807, 2.05) is 36.4 Å². The Balaban J connectivity index is 1.48. The first-order valence-corrected chi connectivity index (χ1v) is 12.9. The molecule has 1 aliphatic carbocycles.